The highest BCUT2D eigenvalue weighted by Crippen LogP contribution is 2.33. The van der Waals surface area contributed by atoms with Crippen LogP contribution in [0, 0.1) is 0 Å². The van der Waals surface area contributed by atoms with Crippen LogP contribution >= 0.6 is 11.6 Å². The number of pyridine rings is 1. The number of halogens is 1. The summed E-state index contributed by atoms with van der Waals surface area (Å²) in [5.74, 6) is 0.735. The van der Waals surface area contributed by atoms with Crippen LogP contribution in [0.1, 0.15) is 32.0 Å². The zero-order valence-corrected chi connectivity index (χ0v) is 13.2. The lowest BCUT2D eigenvalue weighted by Crippen LogP contribution is -2.27. The van der Waals surface area contributed by atoms with Crippen LogP contribution in [0.2, 0.25) is 5.02 Å². The topological polar surface area (TPSA) is 48.1 Å². The molecule has 0 saturated heterocycles. The smallest absolute Gasteiger partial charge is 0.145 e. The van der Waals surface area contributed by atoms with E-state index in [4.69, 9.17) is 22.1 Å². The van der Waals surface area contributed by atoms with Crippen LogP contribution in [0.4, 0.5) is 5.69 Å². The molecule has 0 bridgehead atoms. The van der Waals surface area contributed by atoms with Gasteiger partial charge in [-0.25, -0.2) is 0 Å². The number of allylic oxidation sites excluding steroid dienone is 1. The van der Waals surface area contributed by atoms with Crippen molar-refractivity contribution >= 4 is 22.9 Å². The maximum absolute atomic E-state index is 6.15. The van der Waals surface area contributed by atoms with Crippen LogP contribution in [-0.4, -0.2) is 4.98 Å². The Balaban J connectivity index is 2.36. The third kappa shape index (κ3) is 3.56. The van der Waals surface area contributed by atoms with Gasteiger partial charge in [0.15, 0.2) is 0 Å². The quantitative estimate of drug-likeness (QED) is 0.835. The molecule has 0 aliphatic heterocycles. The van der Waals surface area contributed by atoms with Crippen molar-refractivity contribution < 1.29 is 4.74 Å². The summed E-state index contributed by atoms with van der Waals surface area (Å²) in [6.45, 7) is 9.82. The highest BCUT2D eigenvalue weighted by Gasteiger charge is 2.25. The van der Waals surface area contributed by atoms with E-state index in [1.165, 1.54) is 0 Å². The van der Waals surface area contributed by atoms with Gasteiger partial charge in [-0.05, 0) is 56.7 Å². The van der Waals surface area contributed by atoms with E-state index in [9.17, 15) is 0 Å². The summed E-state index contributed by atoms with van der Waals surface area (Å²) in [5.41, 5.74) is 8.53. The minimum atomic E-state index is -0.592. The Kier molecular flexibility index (Phi) is 4.24. The van der Waals surface area contributed by atoms with Crippen molar-refractivity contribution in [2.24, 2.45) is 0 Å². The molecule has 0 aliphatic rings. The first-order chi connectivity index (χ1) is 9.79. The van der Waals surface area contributed by atoms with Gasteiger partial charge < -0.3 is 10.5 Å². The van der Waals surface area contributed by atoms with Crippen LogP contribution in [-0.2, 0) is 5.60 Å². The summed E-state index contributed by atoms with van der Waals surface area (Å²) in [5, 5.41) is 0.602. The van der Waals surface area contributed by atoms with Crippen molar-refractivity contribution in [1.82, 2.24) is 4.98 Å². The molecule has 2 rings (SSSR count). The Morgan fingerprint density at radius 1 is 1.29 bits per heavy atom. The van der Waals surface area contributed by atoms with E-state index < -0.39 is 5.60 Å². The molecule has 0 radical (unpaired) electrons. The maximum atomic E-state index is 6.15. The average Bonchev–Trinajstić information content (AvgIpc) is 2.41. The van der Waals surface area contributed by atoms with Gasteiger partial charge in [-0.15, -0.1) is 0 Å². The van der Waals surface area contributed by atoms with Crippen LogP contribution < -0.4 is 10.5 Å². The number of hydrogen-bond acceptors (Lipinski definition) is 3. The highest BCUT2D eigenvalue weighted by molar-refractivity contribution is 6.30. The second kappa shape index (κ2) is 5.78. The van der Waals surface area contributed by atoms with Crippen molar-refractivity contribution in [3.05, 3.63) is 59.4 Å². The molecule has 21 heavy (non-hydrogen) atoms. The van der Waals surface area contributed by atoms with Crippen molar-refractivity contribution in [1.29, 1.82) is 0 Å². The number of nitrogen functional groups attached to an aromatic ring is 1. The third-order valence-corrected chi connectivity index (χ3v) is 3.40. The Labute approximate surface area is 130 Å². The van der Waals surface area contributed by atoms with Crippen LogP contribution in [0.3, 0.4) is 0 Å². The van der Waals surface area contributed by atoms with Gasteiger partial charge in [-0.1, -0.05) is 18.2 Å². The maximum Gasteiger partial charge on any atom is 0.145 e. The van der Waals surface area contributed by atoms with E-state index in [1.54, 1.807) is 12.3 Å². The minimum Gasteiger partial charge on any atom is -0.481 e. The number of benzene rings is 1. The van der Waals surface area contributed by atoms with E-state index in [1.807, 2.05) is 45.0 Å². The molecular formula is C17H19ClN2O. The molecule has 3 nitrogen and oxygen atoms in total. The zero-order valence-electron chi connectivity index (χ0n) is 12.5. The molecule has 4 heteroatoms. The van der Waals surface area contributed by atoms with E-state index in [2.05, 4.69) is 11.6 Å². The lowest BCUT2D eigenvalue weighted by molar-refractivity contribution is 0.103. The molecule has 0 saturated carbocycles. The average molecular weight is 303 g/mol. The molecule has 1 aromatic carbocycles. The Bertz CT molecular complexity index is 663. The number of ether oxygens (including phenoxy) is 1. The summed E-state index contributed by atoms with van der Waals surface area (Å²) < 4.78 is 6.15. The van der Waals surface area contributed by atoms with Gasteiger partial charge in [-0.2, -0.15) is 0 Å². The van der Waals surface area contributed by atoms with Crippen LogP contribution in [0.25, 0.3) is 5.57 Å². The standard InChI is InChI=1S/C17H19ClN2O/c1-11(2)14-9-13(19)6-7-15(14)21-17(3,4)16-8-5-12(18)10-20-16/h5-10H,1,19H2,2-4H3. The molecule has 0 fully saturated rings. The van der Waals surface area contributed by atoms with Gasteiger partial charge in [-0.3, -0.25) is 4.98 Å². The SMILES string of the molecule is C=C(C)c1cc(N)ccc1OC(C)(C)c1ccc(Cl)cn1. The Hall–Kier alpha value is -2.00. The largest absolute Gasteiger partial charge is 0.481 e. The number of hydrogen-bond donors (Lipinski definition) is 1. The summed E-state index contributed by atoms with van der Waals surface area (Å²) in [7, 11) is 0. The third-order valence-electron chi connectivity index (χ3n) is 3.17. The van der Waals surface area contributed by atoms with Gasteiger partial charge >= 0.3 is 0 Å². The Morgan fingerprint density at radius 3 is 2.57 bits per heavy atom. The van der Waals surface area contributed by atoms with Gasteiger partial charge in [0.25, 0.3) is 0 Å². The summed E-state index contributed by atoms with van der Waals surface area (Å²) in [6, 6.07) is 9.20. The number of anilines is 1. The number of nitrogens with zero attached hydrogens (tertiary/aromatic N) is 1. The molecule has 0 amide bonds. The lowest BCUT2D eigenvalue weighted by Gasteiger charge is -2.27. The fourth-order valence-electron chi connectivity index (χ4n) is 2.03. The van der Waals surface area contributed by atoms with Gasteiger partial charge in [0.2, 0.25) is 0 Å². The van der Waals surface area contributed by atoms with Crippen molar-refractivity contribution in [3.63, 3.8) is 0 Å². The minimum absolute atomic E-state index is 0.592. The fourth-order valence-corrected chi connectivity index (χ4v) is 2.14. The van der Waals surface area contributed by atoms with E-state index in [-0.39, 0.29) is 0 Å². The highest BCUT2D eigenvalue weighted by atomic mass is 35.5. The predicted octanol–water partition coefficient (Wildman–Crippen LogP) is 4.66. The molecule has 1 aromatic heterocycles. The fraction of sp³-hybridized carbons (Fsp3) is 0.235. The molecule has 0 spiro atoms. The lowest BCUT2D eigenvalue weighted by atomic mass is 10.0. The monoisotopic (exact) mass is 302 g/mol. The van der Waals surface area contributed by atoms with Gasteiger partial charge in [0.1, 0.15) is 11.4 Å². The van der Waals surface area contributed by atoms with E-state index in [0.29, 0.717) is 10.7 Å². The molecule has 0 aliphatic carbocycles. The summed E-state index contributed by atoms with van der Waals surface area (Å²) in [6.07, 6.45) is 1.62. The second-order valence-electron chi connectivity index (χ2n) is 5.51. The summed E-state index contributed by atoms with van der Waals surface area (Å²) >= 11 is 5.88. The zero-order chi connectivity index (χ0) is 15.6. The van der Waals surface area contributed by atoms with Crippen molar-refractivity contribution in [3.8, 4) is 5.75 Å². The molecule has 0 unspecified atom stereocenters. The first-order valence-electron chi connectivity index (χ1n) is 6.66. The molecular weight excluding hydrogens is 284 g/mol. The normalized spacial score (nSPS) is 11.2. The first-order valence-corrected chi connectivity index (χ1v) is 7.04. The van der Waals surface area contributed by atoms with E-state index >= 15 is 0 Å². The number of rotatable bonds is 4. The molecule has 110 valence electrons. The van der Waals surface area contributed by atoms with Crippen LogP contribution in [0.15, 0.2) is 43.1 Å². The van der Waals surface area contributed by atoms with Crippen LogP contribution in [0.5, 0.6) is 5.75 Å². The summed E-state index contributed by atoms with van der Waals surface area (Å²) in [4.78, 5) is 4.33. The molecule has 0 atom stereocenters. The van der Waals surface area contributed by atoms with Crippen molar-refractivity contribution in [2.45, 2.75) is 26.4 Å². The van der Waals surface area contributed by atoms with Gasteiger partial charge in [0, 0.05) is 17.4 Å². The second-order valence-corrected chi connectivity index (χ2v) is 5.95. The molecule has 2 aromatic rings. The number of aromatic nitrogens is 1. The Morgan fingerprint density at radius 2 is 2.00 bits per heavy atom. The molecule has 2 N–H and O–H groups in total. The number of nitrogens with two attached hydrogens (primary N) is 1. The first kappa shape index (κ1) is 15.4. The van der Waals surface area contributed by atoms with E-state index in [0.717, 1.165) is 22.6 Å². The van der Waals surface area contributed by atoms with Gasteiger partial charge in [0.05, 0.1) is 10.7 Å². The predicted molar refractivity (Wildman–Crippen MR) is 88.5 cm³/mol. The molecule has 1 heterocycles. The van der Waals surface area contributed by atoms with Crippen molar-refractivity contribution in [2.75, 3.05) is 5.73 Å².